The summed E-state index contributed by atoms with van der Waals surface area (Å²) in [5, 5.41) is 0. The molecule has 2 unspecified atom stereocenters. The van der Waals surface area contributed by atoms with E-state index < -0.39 is 5.92 Å². The SMILES string of the molecule is CCOC(=O)C1C=CCCC1C(=O)OCC. The zero-order chi connectivity index (χ0) is 12.0. The van der Waals surface area contributed by atoms with Crippen LogP contribution in [0.2, 0.25) is 0 Å². The number of allylic oxidation sites excluding steroid dienone is 1. The first kappa shape index (κ1) is 12.7. The number of carbonyl (C=O) groups is 2. The molecule has 1 aliphatic rings. The van der Waals surface area contributed by atoms with Gasteiger partial charge in [-0.3, -0.25) is 9.59 Å². The summed E-state index contributed by atoms with van der Waals surface area (Å²) in [6.07, 6.45) is 5.12. The lowest BCUT2D eigenvalue weighted by atomic mass is 9.84. The summed E-state index contributed by atoms with van der Waals surface area (Å²) < 4.78 is 9.90. The summed E-state index contributed by atoms with van der Waals surface area (Å²) in [6, 6.07) is 0. The molecule has 0 heterocycles. The number of ether oxygens (including phenoxy) is 2. The van der Waals surface area contributed by atoms with E-state index in [0.29, 0.717) is 19.6 Å². The minimum atomic E-state index is -0.479. The summed E-state index contributed by atoms with van der Waals surface area (Å²) in [7, 11) is 0. The number of esters is 2. The van der Waals surface area contributed by atoms with Crippen LogP contribution in [0.5, 0.6) is 0 Å². The fourth-order valence-electron chi connectivity index (χ4n) is 1.83. The fraction of sp³-hybridized carbons (Fsp3) is 0.667. The molecule has 90 valence electrons. The summed E-state index contributed by atoms with van der Waals surface area (Å²) in [5.41, 5.74) is 0. The van der Waals surface area contributed by atoms with Crippen LogP contribution < -0.4 is 0 Å². The average Bonchev–Trinajstić information content (AvgIpc) is 2.30. The van der Waals surface area contributed by atoms with Crippen LogP contribution in [0.15, 0.2) is 12.2 Å². The lowest BCUT2D eigenvalue weighted by Crippen LogP contribution is -2.33. The zero-order valence-electron chi connectivity index (χ0n) is 9.77. The van der Waals surface area contributed by atoms with E-state index in [1.165, 1.54) is 0 Å². The minimum absolute atomic E-state index is 0.301. The van der Waals surface area contributed by atoms with Gasteiger partial charge in [-0.2, -0.15) is 0 Å². The first-order chi connectivity index (χ1) is 7.70. The molecular weight excluding hydrogens is 208 g/mol. The first-order valence-corrected chi connectivity index (χ1v) is 5.70. The molecular formula is C12H18O4. The van der Waals surface area contributed by atoms with Gasteiger partial charge < -0.3 is 9.47 Å². The molecule has 4 nitrogen and oxygen atoms in total. The maximum atomic E-state index is 11.7. The van der Waals surface area contributed by atoms with E-state index in [-0.39, 0.29) is 17.9 Å². The second-order valence-corrected chi connectivity index (χ2v) is 3.64. The number of hydrogen-bond donors (Lipinski definition) is 0. The van der Waals surface area contributed by atoms with Gasteiger partial charge in [0.05, 0.1) is 25.0 Å². The van der Waals surface area contributed by atoms with Gasteiger partial charge >= 0.3 is 11.9 Å². The topological polar surface area (TPSA) is 52.6 Å². The Balaban J connectivity index is 2.70. The van der Waals surface area contributed by atoms with Gasteiger partial charge in [0.1, 0.15) is 0 Å². The van der Waals surface area contributed by atoms with Crippen LogP contribution in [0, 0.1) is 11.8 Å². The van der Waals surface area contributed by atoms with E-state index in [1.807, 2.05) is 6.08 Å². The van der Waals surface area contributed by atoms with Crippen LogP contribution in [0.1, 0.15) is 26.7 Å². The highest BCUT2D eigenvalue weighted by Crippen LogP contribution is 2.27. The van der Waals surface area contributed by atoms with Crippen molar-refractivity contribution < 1.29 is 19.1 Å². The predicted octanol–water partition coefficient (Wildman–Crippen LogP) is 1.70. The normalized spacial score (nSPS) is 23.9. The standard InChI is InChI=1S/C12H18O4/c1-3-15-11(13)9-7-5-6-8-10(9)12(14)16-4-2/h5,7,9-10H,3-4,6,8H2,1-2H3. The molecule has 0 aliphatic heterocycles. The predicted molar refractivity (Wildman–Crippen MR) is 58.6 cm³/mol. The minimum Gasteiger partial charge on any atom is -0.466 e. The molecule has 1 rings (SSSR count). The van der Waals surface area contributed by atoms with Crippen molar-refractivity contribution in [1.29, 1.82) is 0 Å². The molecule has 1 aliphatic carbocycles. The van der Waals surface area contributed by atoms with Crippen LogP contribution in [-0.2, 0) is 19.1 Å². The Bertz CT molecular complexity index is 283. The summed E-state index contributed by atoms with van der Waals surface area (Å²) in [4.78, 5) is 23.3. The molecule has 0 spiro atoms. The van der Waals surface area contributed by atoms with Gasteiger partial charge in [0.25, 0.3) is 0 Å². The summed E-state index contributed by atoms with van der Waals surface area (Å²) in [5.74, 6) is -1.50. The van der Waals surface area contributed by atoms with Gasteiger partial charge in [0.2, 0.25) is 0 Å². The Labute approximate surface area is 95.6 Å². The summed E-state index contributed by atoms with van der Waals surface area (Å²) >= 11 is 0. The largest absolute Gasteiger partial charge is 0.466 e. The third-order valence-electron chi connectivity index (χ3n) is 2.57. The maximum Gasteiger partial charge on any atom is 0.313 e. The molecule has 0 aromatic heterocycles. The van der Waals surface area contributed by atoms with E-state index in [2.05, 4.69) is 0 Å². The van der Waals surface area contributed by atoms with Crippen molar-refractivity contribution in [2.75, 3.05) is 13.2 Å². The highest BCUT2D eigenvalue weighted by molar-refractivity contribution is 5.83. The van der Waals surface area contributed by atoms with Gasteiger partial charge in [0, 0.05) is 0 Å². The third-order valence-corrected chi connectivity index (χ3v) is 2.57. The van der Waals surface area contributed by atoms with Crippen molar-refractivity contribution in [3.63, 3.8) is 0 Å². The van der Waals surface area contributed by atoms with E-state index in [4.69, 9.17) is 9.47 Å². The molecule has 0 aromatic carbocycles. The van der Waals surface area contributed by atoms with Gasteiger partial charge in [-0.05, 0) is 26.7 Å². The Hall–Kier alpha value is -1.32. The Morgan fingerprint density at radius 3 is 2.44 bits per heavy atom. The summed E-state index contributed by atoms with van der Waals surface area (Å²) in [6.45, 7) is 4.19. The quantitative estimate of drug-likeness (QED) is 0.540. The van der Waals surface area contributed by atoms with Crippen LogP contribution in [0.3, 0.4) is 0 Å². The molecule has 0 fully saturated rings. The molecule has 16 heavy (non-hydrogen) atoms. The molecule has 0 aromatic rings. The molecule has 2 atom stereocenters. The van der Waals surface area contributed by atoms with Crippen LogP contribution in [0.4, 0.5) is 0 Å². The van der Waals surface area contributed by atoms with E-state index in [0.717, 1.165) is 6.42 Å². The smallest absolute Gasteiger partial charge is 0.313 e. The second-order valence-electron chi connectivity index (χ2n) is 3.64. The lowest BCUT2D eigenvalue weighted by Gasteiger charge is -2.24. The van der Waals surface area contributed by atoms with Crippen LogP contribution >= 0.6 is 0 Å². The van der Waals surface area contributed by atoms with E-state index in [9.17, 15) is 9.59 Å². The molecule has 0 radical (unpaired) electrons. The van der Waals surface area contributed by atoms with Crippen molar-refractivity contribution in [3.8, 4) is 0 Å². The number of hydrogen-bond acceptors (Lipinski definition) is 4. The second kappa shape index (κ2) is 6.30. The molecule has 0 saturated heterocycles. The van der Waals surface area contributed by atoms with E-state index in [1.54, 1.807) is 19.9 Å². The molecule has 0 amide bonds. The zero-order valence-corrected chi connectivity index (χ0v) is 9.77. The monoisotopic (exact) mass is 226 g/mol. The lowest BCUT2D eigenvalue weighted by molar-refractivity contribution is -0.158. The van der Waals surface area contributed by atoms with Crippen molar-refractivity contribution in [2.45, 2.75) is 26.7 Å². The maximum absolute atomic E-state index is 11.7. The molecule has 0 saturated carbocycles. The van der Waals surface area contributed by atoms with Crippen LogP contribution in [-0.4, -0.2) is 25.2 Å². The molecule has 4 heteroatoms. The molecule has 0 bridgehead atoms. The average molecular weight is 226 g/mol. The highest BCUT2D eigenvalue weighted by Gasteiger charge is 2.35. The third kappa shape index (κ3) is 3.08. The Morgan fingerprint density at radius 1 is 1.19 bits per heavy atom. The van der Waals surface area contributed by atoms with Gasteiger partial charge in [-0.25, -0.2) is 0 Å². The first-order valence-electron chi connectivity index (χ1n) is 5.70. The van der Waals surface area contributed by atoms with Crippen LogP contribution in [0.25, 0.3) is 0 Å². The Kier molecular flexibility index (Phi) is 5.02. The number of carbonyl (C=O) groups excluding carboxylic acids is 2. The number of rotatable bonds is 4. The Morgan fingerprint density at radius 2 is 1.81 bits per heavy atom. The molecule has 0 N–H and O–H groups in total. The van der Waals surface area contributed by atoms with Crippen molar-refractivity contribution in [1.82, 2.24) is 0 Å². The highest BCUT2D eigenvalue weighted by atomic mass is 16.5. The van der Waals surface area contributed by atoms with E-state index >= 15 is 0 Å². The fourth-order valence-corrected chi connectivity index (χ4v) is 1.83. The van der Waals surface area contributed by atoms with Gasteiger partial charge in [0.15, 0.2) is 0 Å². The van der Waals surface area contributed by atoms with Crippen molar-refractivity contribution >= 4 is 11.9 Å². The van der Waals surface area contributed by atoms with Gasteiger partial charge in [-0.1, -0.05) is 12.2 Å². The van der Waals surface area contributed by atoms with Crippen molar-refractivity contribution in [2.24, 2.45) is 11.8 Å². The van der Waals surface area contributed by atoms with Gasteiger partial charge in [-0.15, -0.1) is 0 Å². The van der Waals surface area contributed by atoms with Crippen molar-refractivity contribution in [3.05, 3.63) is 12.2 Å².